The van der Waals surface area contributed by atoms with Crippen molar-refractivity contribution in [1.82, 2.24) is 19.4 Å². The third-order valence-corrected chi connectivity index (χ3v) is 8.26. The fourth-order valence-electron chi connectivity index (χ4n) is 4.44. The second kappa shape index (κ2) is 14.3. The Kier molecular flexibility index (Phi) is 11.1. The minimum Gasteiger partial charge on any atom is -0.497 e. The number of ether oxygens (including phenoxy) is 2. The van der Waals surface area contributed by atoms with Gasteiger partial charge in [-0.25, -0.2) is 8.51 Å². The quantitative estimate of drug-likeness (QED) is 0.417. The normalized spacial score (nSPS) is 14.4. The summed E-state index contributed by atoms with van der Waals surface area (Å²) in [7, 11) is 3.38. The van der Waals surface area contributed by atoms with Crippen LogP contribution in [0.25, 0.3) is 0 Å². The second-order valence-corrected chi connectivity index (χ2v) is 11.2. The Morgan fingerprint density at radius 3 is 2.26 bits per heavy atom. The number of hydrogen-bond donors (Lipinski definition) is 1. The molecule has 10 heteroatoms. The molecule has 2 aromatic carbocycles. The number of amides is 2. The van der Waals surface area contributed by atoms with Gasteiger partial charge in [0.05, 0.1) is 25.1 Å². The summed E-state index contributed by atoms with van der Waals surface area (Å²) in [5, 5.41) is 2.64. The molecule has 1 unspecified atom stereocenters. The first-order valence-electron chi connectivity index (χ1n) is 12.9. The molecule has 2 amide bonds. The number of carbonyl (C=O) groups excluding carboxylic acids is 2. The number of carbonyl (C=O) groups is 2. The van der Waals surface area contributed by atoms with Crippen LogP contribution in [0.1, 0.15) is 29.5 Å². The topological polar surface area (TPSA) is 91.4 Å². The van der Waals surface area contributed by atoms with Crippen molar-refractivity contribution in [1.29, 1.82) is 0 Å². The van der Waals surface area contributed by atoms with Crippen LogP contribution < -0.4 is 14.8 Å². The molecular weight excluding hydrogens is 504 g/mol. The standard InChI is InChI=1S/C28H40N4O5S/c1-21-16-25(36-5)17-22(2)28(21)38(35)31(4)20-26(33)29-18-27(34)30(3)19-23-8-10-24(11-9-23)37-15-14-32-12-6-7-13-32/h8-11,16-17H,6-7,12-15,18-20H2,1-5H3,(H,29,33). The Bertz CT molecular complexity index is 1100. The molecule has 0 spiro atoms. The zero-order valence-corrected chi connectivity index (χ0v) is 23.9. The number of hydrogen-bond acceptors (Lipinski definition) is 6. The van der Waals surface area contributed by atoms with E-state index >= 15 is 0 Å². The highest BCUT2D eigenvalue weighted by molar-refractivity contribution is 7.82. The van der Waals surface area contributed by atoms with Gasteiger partial charge in [-0.1, -0.05) is 12.1 Å². The van der Waals surface area contributed by atoms with Gasteiger partial charge < -0.3 is 19.7 Å². The van der Waals surface area contributed by atoms with E-state index in [1.165, 1.54) is 17.1 Å². The first-order chi connectivity index (χ1) is 18.2. The lowest BCUT2D eigenvalue weighted by Crippen LogP contribution is -2.42. The molecule has 3 rings (SSSR count). The van der Waals surface area contributed by atoms with Crippen LogP contribution >= 0.6 is 0 Å². The second-order valence-electron chi connectivity index (χ2n) is 9.69. The van der Waals surface area contributed by atoms with Gasteiger partial charge in [-0.15, -0.1) is 0 Å². The van der Waals surface area contributed by atoms with Crippen molar-refractivity contribution in [2.75, 3.05) is 60.5 Å². The molecule has 0 aliphatic carbocycles. The molecule has 0 aromatic heterocycles. The number of benzene rings is 2. The van der Waals surface area contributed by atoms with Gasteiger partial charge in [0.25, 0.3) is 0 Å². The SMILES string of the molecule is COc1cc(C)c(S(=O)N(C)CC(=O)NCC(=O)N(C)Cc2ccc(OCCN3CCCC3)cc2)c(C)c1. The van der Waals surface area contributed by atoms with E-state index in [4.69, 9.17) is 9.47 Å². The number of rotatable bonds is 13. The van der Waals surface area contributed by atoms with Gasteiger partial charge in [-0.3, -0.25) is 14.5 Å². The fraction of sp³-hybridized carbons (Fsp3) is 0.500. The number of methoxy groups -OCH3 is 1. The van der Waals surface area contributed by atoms with Crippen LogP contribution in [0.15, 0.2) is 41.3 Å². The maximum Gasteiger partial charge on any atom is 0.242 e. The average Bonchev–Trinajstić information content (AvgIpc) is 3.41. The van der Waals surface area contributed by atoms with Crippen molar-refractivity contribution in [3.8, 4) is 11.5 Å². The number of likely N-dealkylation sites (tertiary alicyclic amines) is 1. The van der Waals surface area contributed by atoms with Crippen LogP contribution in [-0.2, 0) is 27.1 Å². The van der Waals surface area contributed by atoms with Crippen molar-refractivity contribution >= 4 is 22.8 Å². The first kappa shape index (κ1) is 29.6. The molecule has 0 bridgehead atoms. The molecule has 208 valence electrons. The molecule has 1 fully saturated rings. The predicted octanol–water partition coefficient (Wildman–Crippen LogP) is 2.52. The van der Waals surface area contributed by atoms with Gasteiger partial charge in [0, 0.05) is 27.2 Å². The van der Waals surface area contributed by atoms with Crippen molar-refractivity contribution in [3.05, 3.63) is 53.1 Å². The maximum absolute atomic E-state index is 13.0. The highest BCUT2D eigenvalue weighted by Gasteiger charge is 2.20. The van der Waals surface area contributed by atoms with E-state index in [-0.39, 0.29) is 24.9 Å². The molecule has 2 aromatic rings. The van der Waals surface area contributed by atoms with Crippen LogP contribution in [0.5, 0.6) is 11.5 Å². The van der Waals surface area contributed by atoms with E-state index < -0.39 is 11.0 Å². The Morgan fingerprint density at radius 1 is 1.03 bits per heavy atom. The van der Waals surface area contributed by atoms with Gasteiger partial charge in [0.1, 0.15) is 29.1 Å². The van der Waals surface area contributed by atoms with Crippen LogP contribution in [-0.4, -0.2) is 90.7 Å². The largest absolute Gasteiger partial charge is 0.497 e. The van der Waals surface area contributed by atoms with E-state index in [2.05, 4.69) is 10.2 Å². The van der Waals surface area contributed by atoms with Gasteiger partial charge in [0.15, 0.2) is 0 Å². The third kappa shape index (κ3) is 8.54. The highest BCUT2D eigenvalue weighted by atomic mass is 32.2. The minimum absolute atomic E-state index is 0.103. The highest BCUT2D eigenvalue weighted by Crippen LogP contribution is 2.25. The molecule has 1 N–H and O–H groups in total. The van der Waals surface area contributed by atoms with Crippen LogP contribution in [0.2, 0.25) is 0 Å². The Labute approximate surface area is 228 Å². The van der Waals surface area contributed by atoms with Gasteiger partial charge in [-0.2, -0.15) is 0 Å². The average molecular weight is 545 g/mol. The summed E-state index contributed by atoms with van der Waals surface area (Å²) in [5.41, 5.74) is 2.62. The predicted molar refractivity (Wildman–Crippen MR) is 149 cm³/mol. The lowest BCUT2D eigenvalue weighted by atomic mass is 10.1. The van der Waals surface area contributed by atoms with Gasteiger partial charge in [0.2, 0.25) is 11.8 Å². The molecule has 38 heavy (non-hydrogen) atoms. The van der Waals surface area contributed by atoms with E-state index in [0.29, 0.717) is 23.8 Å². The summed E-state index contributed by atoms with van der Waals surface area (Å²) in [5.74, 6) is 0.924. The smallest absolute Gasteiger partial charge is 0.242 e. The van der Waals surface area contributed by atoms with E-state index in [1.54, 1.807) is 26.1 Å². The molecule has 1 aliphatic heterocycles. The third-order valence-electron chi connectivity index (χ3n) is 6.57. The van der Waals surface area contributed by atoms with Gasteiger partial charge in [-0.05, 0) is 80.7 Å². The molecule has 1 atom stereocenters. The molecule has 1 saturated heterocycles. The van der Waals surface area contributed by atoms with Gasteiger partial charge >= 0.3 is 0 Å². The lowest BCUT2D eigenvalue weighted by molar-refractivity contribution is -0.132. The van der Waals surface area contributed by atoms with Crippen molar-refractivity contribution in [3.63, 3.8) is 0 Å². The lowest BCUT2D eigenvalue weighted by Gasteiger charge is -2.20. The summed E-state index contributed by atoms with van der Waals surface area (Å²) in [6, 6.07) is 11.4. The van der Waals surface area contributed by atoms with Crippen molar-refractivity contribution in [2.24, 2.45) is 0 Å². The summed E-state index contributed by atoms with van der Waals surface area (Å²) in [4.78, 5) is 29.7. The molecule has 1 aliphatic rings. The zero-order chi connectivity index (χ0) is 27.7. The summed E-state index contributed by atoms with van der Waals surface area (Å²) in [6.45, 7) is 7.83. The summed E-state index contributed by atoms with van der Waals surface area (Å²) >= 11 is 0. The molecule has 9 nitrogen and oxygen atoms in total. The van der Waals surface area contributed by atoms with Crippen molar-refractivity contribution < 1.29 is 23.3 Å². The Balaban J connectivity index is 1.41. The van der Waals surface area contributed by atoms with E-state index in [9.17, 15) is 13.8 Å². The number of aryl methyl sites for hydroxylation is 2. The van der Waals surface area contributed by atoms with Crippen molar-refractivity contribution in [2.45, 2.75) is 38.1 Å². The Morgan fingerprint density at radius 2 is 1.66 bits per heavy atom. The summed E-state index contributed by atoms with van der Waals surface area (Å²) in [6.07, 6.45) is 2.54. The number of likely N-dealkylation sites (N-methyl/N-ethyl adjacent to an activating group) is 2. The molecule has 0 radical (unpaired) electrons. The number of nitrogens with one attached hydrogen (secondary N) is 1. The van der Waals surface area contributed by atoms with Crippen LogP contribution in [0.3, 0.4) is 0 Å². The maximum atomic E-state index is 13.0. The van der Waals surface area contributed by atoms with Crippen LogP contribution in [0, 0.1) is 13.8 Å². The number of nitrogens with zero attached hydrogens (tertiary/aromatic N) is 3. The summed E-state index contributed by atoms with van der Waals surface area (Å²) < 4.78 is 25.6. The minimum atomic E-state index is -1.53. The monoisotopic (exact) mass is 544 g/mol. The zero-order valence-electron chi connectivity index (χ0n) is 23.1. The molecular formula is C28H40N4O5S. The van der Waals surface area contributed by atoms with Crippen LogP contribution in [0.4, 0.5) is 0 Å². The fourth-order valence-corrected chi connectivity index (χ4v) is 5.65. The van der Waals surface area contributed by atoms with E-state index in [0.717, 1.165) is 42.1 Å². The molecule has 1 heterocycles. The molecule has 0 saturated carbocycles. The Hall–Kier alpha value is -2.95. The first-order valence-corrected chi connectivity index (χ1v) is 14.0. The van der Waals surface area contributed by atoms with E-state index in [1.807, 2.05) is 50.2 Å².